The van der Waals surface area contributed by atoms with E-state index in [1.807, 2.05) is 14.0 Å². The fraction of sp³-hybridized carbons (Fsp3) is 0.278. The van der Waals surface area contributed by atoms with E-state index >= 15 is 0 Å². The van der Waals surface area contributed by atoms with Gasteiger partial charge < -0.3 is 15.2 Å². The number of hydrogen-bond acceptors (Lipinski definition) is 6. The second-order valence-corrected chi connectivity index (χ2v) is 5.89. The van der Waals surface area contributed by atoms with Gasteiger partial charge >= 0.3 is 0 Å². The zero-order chi connectivity index (χ0) is 18.7. The predicted molar refractivity (Wildman–Crippen MR) is 94.2 cm³/mol. The minimum absolute atomic E-state index is 0.0140. The molecule has 0 bridgehead atoms. The molecular formula is C18H20N4O4. The number of nitrogens with zero attached hydrogens (tertiary/aromatic N) is 3. The zero-order valence-electron chi connectivity index (χ0n) is 14.6. The molecule has 0 aliphatic carbocycles. The van der Waals surface area contributed by atoms with Gasteiger partial charge in [0.05, 0.1) is 19.3 Å². The van der Waals surface area contributed by atoms with Gasteiger partial charge in [0.15, 0.2) is 0 Å². The highest BCUT2D eigenvalue weighted by atomic mass is 16.5. The van der Waals surface area contributed by atoms with E-state index in [4.69, 9.17) is 9.84 Å². The van der Waals surface area contributed by atoms with Gasteiger partial charge in [-0.3, -0.25) is 19.2 Å². The van der Waals surface area contributed by atoms with E-state index in [1.165, 1.54) is 6.08 Å². The number of aliphatic hydroxyl groups excluding tert-OH is 1. The lowest BCUT2D eigenvalue weighted by molar-refractivity contribution is -0.137. The second kappa shape index (κ2) is 7.40. The number of nitrogens with one attached hydrogen (secondary N) is 1. The third kappa shape index (κ3) is 3.60. The monoisotopic (exact) mass is 356 g/mol. The fourth-order valence-electron chi connectivity index (χ4n) is 2.55. The molecule has 0 atom stereocenters. The van der Waals surface area contributed by atoms with Crippen LogP contribution >= 0.6 is 0 Å². The third-order valence-electron chi connectivity index (χ3n) is 4.20. The molecule has 0 spiro atoms. The molecule has 8 heteroatoms. The average molecular weight is 356 g/mol. The van der Waals surface area contributed by atoms with E-state index in [1.54, 1.807) is 35.1 Å². The van der Waals surface area contributed by atoms with E-state index in [-0.39, 0.29) is 18.8 Å². The summed E-state index contributed by atoms with van der Waals surface area (Å²) in [6, 6.07) is 7.08. The largest absolute Gasteiger partial charge is 0.489 e. The summed E-state index contributed by atoms with van der Waals surface area (Å²) < 4.78 is 7.54. The van der Waals surface area contributed by atoms with Gasteiger partial charge in [0.2, 0.25) is 0 Å². The van der Waals surface area contributed by atoms with Gasteiger partial charge in [0.25, 0.3) is 11.8 Å². The van der Waals surface area contributed by atoms with Crippen LogP contribution in [0.3, 0.4) is 0 Å². The molecule has 1 aromatic heterocycles. The number of anilines is 1. The SMILES string of the molecule is Cc1c(COc2ccc(NC3=CC(=O)N(CCO)C3=O)cc2)cnn1C. The van der Waals surface area contributed by atoms with Crippen LogP contribution in [0.2, 0.25) is 0 Å². The van der Waals surface area contributed by atoms with E-state index in [2.05, 4.69) is 10.4 Å². The lowest BCUT2D eigenvalue weighted by Gasteiger charge is -2.13. The first-order chi connectivity index (χ1) is 12.5. The lowest BCUT2D eigenvalue weighted by atomic mass is 10.2. The molecule has 2 N–H and O–H groups in total. The summed E-state index contributed by atoms with van der Waals surface area (Å²) in [5.41, 5.74) is 2.90. The molecule has 1 aliphatic rings. The third-order valence-corrected chi connectivity index (χ3v) is 4.20. The van der Waals surface area contributed by atoms with Crippen LogP contribution in [-0.2, 0) is 23.2 Å². The number of imide groups is 1. The number of benzene rings is 1. The summed E-state index contributed by atoms with van der Waals surface area (Å²) in [7, 11) is 1.88. The Bertz CT molecular complexity index is 855. The van der Waals surface area contributed by atoms with Gasteiger partial charge in [0, 0.05) is 30.1 Å². The van der Waals surface area contributed by atoms with Gasteiger partial charge in [0.1, 0.15) is 18.1 Å². The maximum absolute atomic E-state index is 12.1. The van der Waals surface area contributed by atoms with Gasteiger partial charge in [-0.25, -0.2) is 0 Å². The number of hydrogen-bond donors (Lipinski definition) is 2. The standard InChI is InChI=1S/C18H20N4O4/c1-12-13(10-19-21(12)2)11-26-15-5-3-14(4-6-15)20-16-9-17(24)22(7-8-23)18(16)25/h3-6,9-10,20,23H,7-8,11H2,1-2H3. The average Bonchev–Trinajstić information content (AvgIpc) is 3.09. The number of carbonyl (C=O) groups is 2. The summed E-state index contributed by atoms with van der Waals surface area (Å²) in [5, 5.41) is 16.0. The summed E-state index contributed by atoms with van der Waals surface area (Å²) >= 11 is 0. The molecule has 136 valence electrons. The minimum atomic E-state index is -0.448. The van der Waals surface area contributed by atoms with E-state index in [0.29, 0.717) is 18.0 Å². The number of aromatic nitrogens is 2. The quantitative estimate of drug-likeness (QED) is 0.718. The molecule has 0 fully saturated rings. The molecule has 0 saturated carbocycles. The first-order valence-electron chi connectivity index (χ1n) is 8.15. The molecule has 3 rings (SSSR count). The van der Waals surface area contributed by atoms with Crippen LogP contribution in [-0.4, -0.2) is 44.8 Å². The topological polar surface area (TPSA) is 96.7 Å². The van der Waals surface area contributed by atoms with E-state index in [9.17, 15) is 9.59 Å². The molecule has 0 unspecified atom stereocenters. The molecule has 2 aromatic rings. The first-order valence-corrected chi connectivity index (χ1v) is 8.15. The molecule has 2 heterocycles. The second-order valence-electron chi connectivity index (χ2n) is 5.89. The van der Waals surface area contributed by atoms with Gasteiger partial charge in [-0.2, -0.15) is 5.10 Å². The van der Waals surface area contributed by atoms with Gasteiger partial charge in [-0.05, 0) is 31.2 Å². The minimum Gasteiger partial charge on any atom is -0.489 e. The molecule has 0 radical (unpaired) electrons. The van der Waals surface area contributed by atoms with Crippen molar-refractivity contribution in [2.24, 2.45) is 7.05 Å². The Morgan fingerprint density at radius 1 is 1.23 bits per heavy atom. The van der Waals surface area contributed by atoms with Crippen molar-refractivity contribution in [3.63, 3.8) is 0 Å². The molecule has 1 aliphatic heterocycles. The van der Waals surface area contributed by atoms with Crippen molar-refractivity contribution in [3.8, 4) is 5.75 Å². The van der Waals surface area contributed by atoms with Crippen molar-refractivity contribution >= 4 is 17.5 Å². The number of aryl methyl sites for hydroxylation is 1. The molecule has 2 amide bonds. The van der Waals surface area contributed by atoms with Crippen molar-refractivity contribution in [1.29, 1.82) is 0 Å². The Morgan fingerprint density at radius 3 is 2.58 bits per heavy atom. The fourth-order valence-corrected chi connectivity index (χ4v) is 2.55. The molecular weight excluding hydrogens is 336 g/mol. The first kappa shape index (κ1) is 17.7. The molecule has 26 heavy (non-hydrogen) atoms. The highest BCUT2D eigenvalue weighted by molar-refractivity contribution is 6.17. The van der Waals surface area contributed by atoms with Crippen molar-refractivity contribution in [2.45, 2.75) is 13.5 Å². The lowest BCUT2D eigenvalue weighted by Crippen LogP contribution is -2.34. The Kier molecular flexibility index (Phi) is 5.04. The highest BCUT2D eigenvalue weighted by Crippen LogP contribution is 2.21. The predicted octanol–water partition coefficient (Wildman–Crippen LogP) is 0.964. The Labute approximate surface area is 150 Å². The summed E-state index contributed by atoms with van der Waals surface area (Å²) in [5.74, 6) is -0.196. The zero-order valence-corrected chi connectivity index (χ0v) is 14.6. The smallest absolute Gasteiger partial charge is 0.277 e. The van der Waals surface area contributed by atoms with Gasteiger partial charge in [-0.15, -0.1) is 0 Å². The number of β-amino-alcohol motifs (C(OH)–C–C–N with tert-alkyl or cyclic N) is 1. The molecule has 0 saturated heterocycles. The van der Waals surface area contributed by atoms with Crippen molar-refractivity contribution < 1.29 is 19.4 Å². The molecule has 8 nitrogen and oxygen atoms in total. The summed E-state index contributed by atoms with van der Waals surface area (Å²) in [4.78, 5) is 24.8. The maximum atomic E-state index is 12.1. The maximum Gasteiger partial charge on any atom is 0.277 e. The highest BCUT2D eigenvalue weighted by Gasteiger charge is 2.30. The number of rotatable bonds is 7. The van der Waals surface area contributed by atoms with E-state index < -0.39 is 11.8 Å². The Hall–Kier alpha value is -3.13. The number of aliphatic hydroxyl groups is 1. The van der Waals surface area contributed by atoms with Crippen LogP contribution in [0.5, 0.6) is 5.75 Å². The normalized spacial score (nSPS) is 14.0. The van der Waals surface area contributed by atoms with Crippen molar-refractivity contribution in [2.75, 3.05) is 18.5 Å². The number of carbonyl (C=O) groups excluding carboxylic acids is 2. The molecule has 1 aromatic carbocycles. The van der Waals surface area contributed by atoms with E-state index in [0.717, 1.165) is 16.2 Å². The number of ether oxygens (including phenoxy) is 1. The van der Waals surface area contributed by atoms with Crippen LogP contribution < -0.4 is 10.1 Å². The van der Waals surface area contributed by atoms with Crippen LogP contribution in [0, 0.1) is 6.92 Å². The van der Waals surface area contributed by atoms with Crippen molar-refractivity contribution in [3.05, 3.63) is 53.5 Å². The van der Waals surface area contributed by atoms with Crippen LogP contribution in [0.15, 0.2) is 42.2 Å². The Morgan fingerprint density at radius 2 is 1.96 bits per heavy atom. The van der Waals surface area contributed by atoms with Crippen LogP contribution in [0.4, 0.5) is 5.69 Å². The van der Waals surface area contributed by atoms with Gasteiger partial charge in [-0.1, -0.05) is 0 Å². The summed E-state index contributed by atoms with van der Waals surface area (Å²) in [6.07, 6.45) is 3.01. The van der Waals surface area contributed by atoms with Crippen LogP contribution in [0.1, 0.15) is 11.3 Å². The van der Waals surface area contributed by atoms with Crippen LogP contribution in [0.25, 0.3) is 0 Å². The Balaban J connectivity index is 1.60. The van der Waals surface area contributed by atoms with Crippen molar-refractivity contribution in [1.82, 2.24) is 14.7 Å². The number of amides is 2. The summed E-state index contributed by atoms with van der Waals surface area (Å²) in [6.45, 7) is 2.12.